The Kier molecular flexibility index (Phi) is 4.68. The molecule has 0 amide bonds. The highest BCUT2D eigenvalue weighted by Crippen LogP contribution is 2.40. The predicted octanol–water partition coefficient (Wildman–Crippen LogP) is 2.34. The van der Waals surface area contributed by atoms with Gasteiger partial charge in [-0.2, -0.15) is 4.72 Å². The van der Waals surface area contributed by atoms with Crippen LogP contribution in [0.25, 0.3) is 0 Å². The second-order valence-corrected chi connectivity index (χ2v) is 7.38. The number of aliphatic carboxylic acids is 1. The van der Waals surface area contributed by atoms with Crippen molar-refractivity contribution in [2.45, 2.75) is 50.0 Å². The maximum atomic E-state index is 12.3. The third-order valence-electron chi connectivity index (χ3n) is 4.00. The summed E-state index contributed by atoms with van der Waals surface area (Å²) >= 11 is 0. The molecule has 1 aromatic rings. The summed E-state index contributed by atoms with van der Waals surface area (Å²) in [7, 11) is -3.81. The molecule has 1 aliphatic rings. The van der Waals surface area contributed by atoms with Crippen LogP contribution < -0.4 is 4.72 Å². The van der Waals surface area contributed by atoms with Gasteiger partial charge < -0.3 is 5.11 Å². The van der Waals surface area contributed by atoms with Gasteiger partial charge in [0.05, 0.1) is 4.90 Å². The van der Waals surface area contributed by atoms with Gasteiger partial charge in [-0.25, -0.2) is 8.42 Å². The van der Waals surface area contributed by atoms with Crippen LogP contribution in [0.1, 0.15) is 44.6 Å². The Hall–Kier alpha value is -1.40. The predicted molar refractivity (Wildman–Crippen MR) is 79.6 cm³/mol. The van der Waals surface area contributed by atoms with E-state index in [2.05, 4.69) is 4.72 Å². The third kappa shape index (κ3) is 3.83. The molecule has 0 heterocycles. The molecule has 2 atom stereocenters. The zero-order chi connectivity index (χ0) is 15.6. The Morgan fingerprint density at radius 3 is 2.33 bits per heavy atom. The van der Waals surface area contributed by atoms with Gasteiger partial charge in [-0.05, 0) is 42.4 Å². The van der Waals surface area contributed by atoms with Crippen molar-refractivity contribution >= 4 is 16.0 Å². The average molecular weight is 311 g/mol. The first-order chi connectivity index (χ1) is 9.85. The van der Waals surface area contributed by atoms with E-state index in [0.717, 1.165) is 18.4 Å². The van der Waals surface area contributed by atoms with Gasteiger partial charge in [0.2, 0.25) is 10.0 Å². The lowest BCUT2D eigenvalue weighted by atomic mass is 10.0. The number of nitrogens with one attached hydrogen (secondary N) is 1. The molecule has 2 rings (SSSR count). The lowest BCUT2D eigenvalue weighted by molar-refractivity contribution is -0.140. The minimum atomic E-state index is -3.81. The van der Waals surface area contributed by atoms with Crippen LogP contribution in [0.15, 0.2) is 29.2 Å². The van der Waals surface area contributed by atoms with Crippen molar-refractivity contribution in [2.75, 3.05) is 0 Å². The third-order valence-corrected chi connectivity index (χ3v) is 5.46. The van der Waals surface area contributed by atoms with Crippen molar-refractivity contribution in [1.82, 2.24) is 4.72 Å². The van der Waals surface area contributed by atoms with Crippen LogP contribution in [0, 0.1) is 5.92 Å². The molecular formula is C15H21NO4S. The monoisotopic (exact) mass is 311 g/mol. The van der Waals surface area contributed by atoms with Crippen LogP contribution in [0.4, 0.5) is 0 Å². The zero-order valence-electron chi connectivity index (χ0n) is 12.2. The number of hydrogen-bond acceptors (Lipinski definition) is 3. The molecule has 5 nitrogen and oxygen atoms in total. The molecule has 0 saturated heterocycles. The molecule has 0 aliphatic heterocycles. The first-order valence-electron chi connectivity index (χ1n) is 7.20. The summed E-state index contributed by atoms with van der Waals surface area (Å²) in [6.07, 6.45) is 2.89. The lowest BCUT2D eigenvalue weighted by Gasteiger charge is -2.20. The van der Waals surface area contributed by atoms with Crippen LogP contribution in [0.2, 0.25) is 0 Å². The van der Waals surface area contributed by atoms with E-state index >= 15 is 0 Å². The van der Waals surface area contributed by atoms with E-state index in [1.54, 1.807) is 19.1 Å². The fourth-order valence-electron chi connectivity index (χ4n) is 2.22. The van der Waals surface area contributed by atoms with Crippen LogP contribution in [-0.2, 0) is 14.8 Å². The van der Waals surface area contributed by atoms with Gasteiger partial charge >= 0.3 is 5.97 Å². The Labute approximate surface area is 125 Å². The molecule has 0 radical (unpaired) electrons. The van der Waals surface area contributed by atoms with Gasteiger partial charge in [0, 0.05) is 0 Å². The normalized spacial score (nSPS) is 18.2. The lowest BCUT2D eigenvalue weighted by Crippen LogP contribution is -2.44. The zero-order valence-corrected chi connectivity index (χ0v) is 13.1. The molecule has 0 spiro atoms. The van der Waals surface area contributed by atoms with Crippen LogP contribution in [0.5, 0.6) is 0 Å². The van der Waals surface area contributed by atoms with Crippen LogP contribution in [-0.4, -0.2) is 25.5 Å². The van der Waals surface area contributed by atoms with Crippen molar-refractivity contribution in [3.8, 4) is 0 Å². The van der Waals surface area contributed by atoms with E-state index in [9.17, 15) is 18.3 Å². The van der Waals surface area contributed by atoms with E-state index in [-0.39, 0.29) is 10.8 Å². The molecule has 6 heteroatoms. The van der Waals surface area contributed by atoms with Crippen molar-refractivity contribution in [3.63, 3.8) is 0 Å². The Morgan fingerprint density at radius 1 is 1.33 bits per heavy atom. The SMILES string of the molecule is CC[C@H](C)[C@H](NS(=O)(=O)c1ccc(C2CC2)cc1)C(=O)O. The molecule has 0 bridgehead atoms. The van der Waals surface area contributed by atoms with E-state index in [4.69, 9.17) is 0 Å². The number of hydrogen-bond donors (Lipinski definition) is 2. The number of rotatable bonds is 7. The number of carboxylic acid groups (broad SMARTS) is 1. The Bertz CT molecular complexity index is 605. The molecule has 1 aromatic carbocycles. The smallest absolute Gasteiger partial charge is 0.322 e. The van der Waals surface area contributed by atoms with E-state index < -0.39 is 22.0 Å². The van der Waals surface area contributed by atoms with Crippen molar-refractivity contribution in [2.24, 2.45) is 5.92 Å². The van der Waals surface area contributed by atoms with Gasteiger partial charge in [0.25, 0.3) is 0 Å². The average Bonchev–Trinajstić information content (AvgIpc) is 3.28. The quantitative estimate of drug-likeness (QED) is 0.809. The first kappa shape index (κ1) is 16.0. The highest BCUT2D eigenvalue weighted by Gasteiger charge is 2.30. The topological polar surface area (TPSA) is 83.5 Å². The van der Waals surface area contributed by atoms with E-state index in [1.807, 2.05) is 19.1 Å². The largest absolute Gasteiger partial charge is 0.480 e. The second kappa shape index (κ2) is 6.15. The van der Waals surface area contributed by atoms with Crippen LogP contribution in [0.3, 0.4) is 0 Å². The summed E-state index contributed by atoms with van der Waals surface area (Å²) in [6.45, 7) is 3.55. The van der Waals surface area contributed by atoms with Gasteiger partial charge in [-0.3, -0.25) is 4.79 Å². The standard InChI is InChI=1S/C15H21NO4S/c1-3-10(2)14(15(17)18)16-21(19,20)13-8-6-12(7-9-13)11-4-5-11/h6-11,14,16H,3-5H2,1-2H3,(H,17,18)/t10-,14-/m0/s1. The van der Waals surface area contributed by atoms with Gasteiger partial charge in [-0.15, -0.1) is 0 Å². The molecule has 1 aliphatic carbocycles. The van der Waals surface area contributed by atoms with E-state index in [0.29, 0.717) is 12.3 Å². The summed E-state index contributed by atoms with van der Waals surface area (Å²) in [4.78, 5) is 11.3. The second-order valence-electron chi connectivity index (χ2n) is 5.67. The Morgan fingerprint density at radius 2 is 1.90 bits per heavy atom. The molecule has 1 fully saturated rings. The molecule has 2 N–H and O–H groups in total. The highest BCUT2D eigenvalue weighted by atomic mass is 32.2. The maximum Gasteiger partial charge on any atom is 0.322 e. The summed E-state index contributed by atoms with van der Waals surface area (Å²) in [5.41, 5.74) is 1.14. The fourth-order valence-corrected chi connectivity index (χ4v) is 3.51. The van der Waals surface area contributed by atoms with Crippen LogP contribution >= 0.6 is 0 Å². The summed E-state index contributed by atoms with van der Waals surface area (Å²) < 4.78 is 26.9. The Balaban J connectivity index is 2.17. The molecule has 0 aromatic heterocycles. The number of sulfonamides is 1. The van der Waals surface area contributed by atoms with Gasteiger partial charge in [-0.1, -0.05) is 32.4 Å². The highest BCUT2D eigenvalue weighted by molar-refractivity contribution is 7.89. The van der Waals surface area contributed by atoms with Crippen molar-refractivity contribution < 1.29 is 18.3 Å². The van der Waals surface area contributed by atoms with Crippen molar-refractivity contribution in [1.29, 1.82) is 0 Å². The molecule has 0 unspecified atom stereocenters. The van der Waals surface area contributed by atoms with E-state index in [1.165, 1.54) is 0 Å². The summed E-state index contributed by atoms with van der Waals surface area (Å²) in [5.74, 6) is -0.868. The maximum absolute atomic E-state index is 12.3. The fraction of sp³-hybridized carbons (Fsp3) is 0.533. The molecule has 116 valence electrons. The molecular weight excluding hydrogens is 290 g/mol. The number of benzene rings is 1. The molecule has 21 heavy (non-hydrogen) atoms. The van der Waals surface area contributed by atoms with Gasteiger partial charge in [0.15, 0.2) is 0 Å². The first-order valence-corrected chi connectivity index (χ1v) is 8.68. The summed E-state index contributed by atoms with van der Waals surface area (Å²) in [5, 5.41) is 9.18. The number of carboxylic acids is 1. The van der Waals surface area contributed by atoms with Crippen molar-refractivity contribution in [3.05, 3.63) is 29.8 Å². The minimum absolute atomic E-state index is 0.112. The minimum Gasteiger partial charge on any atom is -0.480 e. The summed E-state index contributed by atoms with van der Waals surface area (Å²) in [6, 6.07) is 5.61. The number of carbonyl (C=O) groups is 1. The molecule has 1 saturated carbocycles. The van der Waals surface area contributed by atoms with Gasteiger partial charge in [0.1, 0.15) is 6.04 Å².